The Labute approximate surface area is 107 Å². The van der Waals surface area contributed by atoms with Gasteiger partial charge in [-0.05, 0) is 39.0 Å². The van der Waals surface area contributed by atoms with Gasteiger partial charge in [-0.2, -0.15) is 0 Å². The van der Waals surface area contributed by atoms with Gasteiger partial charge in [0.1, 0.15) is 5.60 Å². The van der Waals surface area contributed by atoms with E-state index >= 15 is 0 Å². The maximum atomic E-state index is 11.8. The van der Waals surface area contributed by atoms with Gasteiger partial charge in [-0.25, -0.2) is 4.79 Å². The lowest BCUT2D eigenvalue weighted by Gasteiger charge is -2.24. The summed E-state index contributed by atoms with van der Waals surface area (Å²) in [4.78, 5) is 23.6. The first-order chi connectivity index (χ1) is 8.33. The molecular formula is C13H18N2O3. The summed E-state index contributed by atoms with van der Waals surface area (Å²) in [5.74, 6) is 0. The van der Waals surface area contributed by atoms with E-state index in [0.717, 1.165) is 0 Å². The zero-order valence-electron chi connectivity index (χ0n) is 11.1. The van der Waals surface area contributed by atoms with Crippen LogP contribution in [0.1, 0.15) is 20.8 Å². The summed E-state index contributed by atoms with van der Waals surface area (Å²) in [5, 5.41) is 2.53. The number of rotatable bonds is 3. The quantitative estimate of drug-likeness (QED) is 0.839. The molecule has 0 bridgehead atoms. The zero-order chi connectivity index (χ0) is 13.8. The predicted octanol–water partition coefficient (Wildman–Crippen LogP) is 2.63. The van der Waals surface area contributed by atoms with Crippen LogP contribution in [0.5, 0.6) is 0 Å². The van der Waals surface area contributed by atoms with Crippen molar-refractivity contribution in [3.8, 4) is 0 Å². The van der Waals surface area contributed by atoms with E-state index in [1.165, 1.54) is 4.90 Å². The third kappa shape index (κ3) is 4.08. The van der Waals surface area contributed by atoms with Gasteiger partial charge in [0, 0.05) is 18.4 Å². The summed E-state index contributed by atoms with van der Waals surface area (Å²) in [6.07, 6.45) is 0.151. The van der Waals surface area contributed by atoms with Crippen molar-refractivity contribution >= 4 is 23.9 Å². The van der Waals surface area contributed by atoms with Crippen LogP contribution in [-0.4, -0.2) is 25.2 Å². The van der Waals surface area contributed by atoms with Crippen LogP contribution in [0.4, 0.5) is 16.2 Å². The van der Waals surface area contributed by atoms with Crippen LogP contribution in [-0.2, 0) is 9.53 Å². The lowest BCUT2D eigenvalue weighted by molar-refractivity contribution is -0.105. The maximum Gasteiger partial charge on any atom is 0.414 e. The number of hydrogen-bond donors (Lipinski definition) is 1. The van der Waals surface area contributed by atoms with Crippen molar-refractivity contribution in [3.05, 3.63) is 24.3 Å². The van der Waals surface area contributed by atoms with Crippen molar-refractivity contribution < 1.29 is 14.3 Å². The largest absolute Gasteiger partial charge is 0.443 e. The van der Waals surface area contributed by atoms with Gasteiger partial charge in [0.15, 0.2) is 0 Å². The highest BCUT2D eigenvalue weighted by Gasteiger charge is 2.20. The molecule has 0 spiro atoms. The zero-order valence-corrected chi connectivity index (χ0v) is 11.1. The fourth-order valence-corrected chi connectivity index (χ4v) is 1.31. The number of benzene rings is 1. The second kappa shape index (κ2) is 5.53. The van der Waals surface area contributed by atoms with Crippen LogP contribution < -0.4 is 10.2 Å². The Balaban J connectivity index is 2.83. The third-order valence-corrected chi connectivity index (χ3v) is 2.13. The van der Waals surface area contributed by atoms with Gasteiger partial charge in [0.05, 0.1) is 0 Å². The van der Waals surface area contributed by atoms with E-state index in [-0.39, 0.29) is 0 Å². The summed E-state index contributed by atoms with van der Waals surface area (Å²) in [6.45, 7) is 5.43. The van der Waals surface area contributed by atoms with Gasteiger partial charge in [-0.15, -0.1) is 0 Å². The standard InChI is InChI=1S/C13H18N2O3/c1-13(2,3)18-12(17)15(4)11-7-5-6-10(8-11)14-9-16/h5-9H,1-4H3,(H,14,16). The molecule has 0 aromatic heterocycles. The average Bonchev–Trinajstić information content (AvgIpc) is 2.26. The Bertz CT molecular complexity index is 438. The van der Waals surface area contributed by atoms with Crippen LogP contribution in [0, 0.1) is 0 Å². The van der Waals surface area contributed by atoms with Crippen molar-refractivity contribution in [2.24, 2.45) is 0 Å². The molecule has 0 unspecified atom stereocenters. The van der Waals surface area contributed by atoms with Gasteiger partial charge < -0.3 is 10.1 Å². The van der Waals surface area contributed by atoms with E-state index in [0.29, 0.717) is 17.8 Å². The fraction of sp³-hybridized carbons (Fsp3) is 0.385. The molecule has 0 saturated carbocycles. The maximum absolute atomic E-state index is 11.8. The van der Waals surface area contributed by atoms with Gasteiger partial charge in [-0.1, -0.05) is 6.07 Å². The molecule has 5 nitrogen and oxygen atoms in total. The molecule has 98 valence electrons. The van der Waals surface area contributed by atoms with E-state index in [1.807, 2.05) is 20.8 Å². The van der Waals surface area contributed by atoms with Crippen LogP contribution in [0.25, 0.3) is 0 Å². The minimum absolute atomic E-state index is 0.439. The molecule has 5 heteroatoms. The van der Waals surface area contributed by atoms with Crippen molar-refractivity contribution in [1.29, 1.82) is 0 Å². The highest BCUT2D eigenvalue weighted by Crippen LogP contribution is 2.20. The molecule has 1 rings (SSSR count). The third-order valence-electron chi connectivity index (χ3n) is 2.13. The number of nitrogens with one attached hydrogen (secondary N) is 1. The van der Waals surface area contributed by atoms with Crippen molar-refractivity contribution in [3.63, 3.8) is 0 Å². The second-order valence-electron chi connectivity index (χ2n) is 4.85. The first kappa shape index (κ1) is 14.0. The topological polar surface area (TPSA) is 58.6 Å². The highest BCUT2D eigenvalue weighted by atomic mass is 16.6. The normalized spacial score (nSPS) is 10.7. The van der Waals surface area contributed by atoms with Crippen LogP contribution in [0.2, 0.25) is 0 Å². The highest BCUT2D eigenvalue weighted by molar-refractivity contribution is 5.88. The molecule has 1 N–H and O–H groups in total. The monoisotopic (exact) mass is 250 g/mol. The Morgan fingerprint density at radius 1 is 1.39 bits per heavy atom. The van der Waals surface area contributed by atoms with Gasteiger partial charge >= 0.3 is 6.09 Å². The number of carbonyl (C=O) groups is 2. The van der Waals surface area contributed by atoms with Gasteiger partial charge in [-0.3, -0.25) is 9.69 Å². The summed E-state index contributed by atoms with van der Waals surface area (Å²) >= 11 is 0. The van der Waals surface area contributed by atoms with E-state index < -0.39 is 11.7 Å². The number of ether oxygens (including phenoxy) is 1. The summed E-state index contributed by atoms with van der Waals surface area (Å²) < 4.78 is 5.25. The first-order valence-corrected chi connectivity index (χ1v) is 5.60. The summed E-state index contributed by atoms with van der Waals surface area (Å²) in [7, 11) is 1.62. The van der Waals surface area contributed by atoms with E-state index in [9.17, 15) is 9.59 Å². The molecule has 0 fully saturated rings. The smallest absolute Gasteiger partial charge is 0.414 e. The molecule has 0 aliphatic carbocycles. The van der Waals surface area contributed by atoms with Crippen molar-refractivity contribution in [1.82, 2.24) is 0 Å². The Kier molecular flexibility index (Phi) is 4.31. The number of amides is 2. The van der Waals surface area contributed by atoms with Crippen LogP contribution in [0.3, 0.4) is 0 Å². The molecule has 1 aromatic carbocycles. The Morgan fingerprint density at radius 3 is 2.61 bits per heavy atom. The molecule has 0 saturated heterocycles. The molecule has 0 atom stereocenters. The van der Waals surface area contributed by atoms with E-state index in [1.54, 1.807) is 31.3 Å². The van der Waals surface area contributed by atoms with Gasteiger partial charge in [0.25, 0.3) is 0 Å². The summed E-state index contributed by atoms with van der Waals surface area (Å²) in [6, 6.07) is 6.95. The molecule has 0 radical (unpaired) electrons. The number of hydrogen-bond acceptors (Lipinski definition) is 3. The minimum atomic E-state index is -0.538. The first-order valence-electron chi connectivity index (χ1n) is 5.60. The minimum Gasteiger partial charge on any atom is -0.443 e. The van der Waals surface area contributed by atoms with Crippen molar-refractivity contribution in [2.45, 2.75) is 26.4 Å². The number of anilines is 2. The van der Waals surface area contributed by atoms with Crippen LogP contribution in [0.15, 0.2) is 24.3 Å². The second-order valence-corrected chi connectivity index (χ2v) is 4.85. The lowest BCUT2D eigenvalue weighted by atomic mass is 10.2. The average molecular weight is 250 g/mol. The SMILES string of the molecule is CN(C(=O)OC(C)(C)C)c1cccc(NC=O)c1. The van der Waals surface area contributed by atoms with Crippen LogP contribution >= 0.6 is 0 Å². The predicted molar refractivity (Wildman–Crippen MR) is 70.8 cm³/mol. The van der Waals surface area contributed by atoms with E-state index in [2.05, 4.69) is 5.32 Å². The molecule has 0 aliphatic heterocycles. The number of carbonyl (C=O) groups excluding carboxylic acids is 2. The fourth-order valence-electron chi connectivity index (χ4n) is 1.31. The molecule has 1 aromatic rings. The molecular weight excluding hydrogens is 232 g/mol. The molecule has 18 heavy (non-hydrogen) atoms. The molecule has 0 heterocycles. The summed E-state index contributed by atoms with van der Waals surface area (Å²) in [5.41, 5.74) is 0.735. The molecule has 0 aliphatic rings. The van der Waals surface area contributed by atoms with E-state index in [4.69, 9.17) is 4.74 Å². The molecule has 2 amide bonds. The Hall–Kier alpha value is -2.04. The lowest BCUT2D eigenvalue weighted by Crippen LogP contribution is -2.34. The number of nitrogens with zero attached hydrogens (tertiary/aromatic N) is 1. The van der Waals surface area contributed by atoms with Gasteiger partial charge in [0.2, 0.25) is 6.41 Å². The van der Waals surface area contributed by atoms with Crippen molar-refractivity contribution in [2.75, 3.05) is 17.3 Å². The Morgan fingerprint density at radius 2 is 2.06 bits per heavy atom.